The Morgan fingerprint density at radius 1 is 1.50 bits per heavy atom. The van der Waals surface area contributed by atoms with E-state index >= 15 is 0 Å². The molecular formula is C12H20ClN3OS. The molecule has 1 aliphatic heterocycles. The van der Waals surface area contributed by atoms with Crippen LogP contribution in [0, 0.1) is 11.8 Å². The van der Waals surface area contributed by atoms with Crippen LogP contribution in [0.2, 0.25) is 0 Å². The third kappa shape index (κ3) is 3.22. The van der Waals surface area contributed by atoms with Crippen molar-refractivity contribution in [1.82, 2.24) is 9.88 Å². The van der Waals surface area contributed by atoms with Crippen LogP contribution in [0.15, 0.2) is 5.38 Å². The van der Waals surface area contributed by atoms with Crippen LogP contribution < -0.4 is 5.73 Å². The van der Waals surface area contributed by atoms with Crippen molar-refractivity contribution in [1.29, 1.82) is 0 Å². The summed E-state index contributed by atoms with van der Waals surface area (Å²) in [4.78, 5) is 18.4. The van der Waals surface area contributed by atoms with E-state index in [4.69, 9.17) is 5.73 Å². The largest absolute Gasteiger partial charge is 0.337 e. The zero-order valence-corrected chi connectivity index (χ0v) is 12.4. The van der Waals surface area contributed by atoms with Crippen LogP contribution in [0.5, 0.6) is 0 Å². The molecule has 0 radical (unpaired) electrons. The molecule has 1 aromatic rings. The highest BCUT2D eigenvalue weighted by Gasteiger charge is 2.30. The van der Waals surface area contributed by atoms with Crippen LogP contribution in [-0.4, -0.2) is 35.4 Å². The summed E-state index contributed by atoms with van der Waals surface area (Å²) < 4.78 is 0. The minimum absolute atomic E-state index is 0. The van der Waals surface area contributed by atoms with Crippen LogP contribution in [0.25, 0.3) is 0 Å². The Morgan fingerprint density at radius 2 is 2.11 bits per heavy atom. The normalized spacial score (nSPS) is 22.9. The lowest BCUT2D eigenvalue weighted by Crippen LogP contribution is -2.29. The molecular weight excluding hydrogens is 270 g/mol. The van der Waals surface area contributed by atoms with Crippen molar-refractivity contribution in [3.05, 3.63) is 16.1 Å². The van der Waals surface area contributed by atoms with Gasteiger partial charge in [-0.3, -0.25) is 4.79 Å². The fourth-order valence-corrected chi connectivity index (χ4v) is 2.89. The average molecular weight is 290 g/mol. The molecule has 1 aliphatic rings. The third-order valence-corrected chi connectivity index (χ3v) is 4.31. The Labute approximate surface area is 118 Å². The number of rotatable bonds is 3. The minimum atomic E-state index is 0. The zero-order chi connectivity index (χ0) is 12.4. The molecule has 1 aromatic heterocycles. The molecule has 0 aliphatic carbocycles. The first kappa shape index (κ1) is 15.4. The molecule has 0 saturated carbocycles. The molecule has 18 heavy (non-hydrogen) atoms. The fourth-order valence-electron chi connectivity index (χ4n) is 2.10. The van der Waals surface area contributed by atoms with E-state index in [9.17, 15) is 4.79 Å². The van der Waals surface area contributed by atoms with Gasteiger partial charge in [0.25, 0.3) is 5.91 Å². The van der Waals surface area contributed by atoms with Crippen molar-refractivity contribution in [3.63, 3.8) is 0 Å². The molecule has 0 bridgehead atoms. The van der Waals surface area contributed by atoms with Crippen LogP contribution in [0.3, 0.4) is 0 Å². The number of hydrogen-bond donors (Lipinski definition) is 1. The second-order valence-corrected chi connectivity index (χ2v) is 5.77. The van der Waals surface area contributed by atoms with Gasteiger partial charge in [0.15, 0.2) is 0 Å². The second-order valence-electron chi connectivity index (χ2n) is 4.83. The van der Waals surface area contributed by atoms with Gasteiger partial charge in [-0.15, -0.1) is 23.7 Å². The average Bonchev–Trinajstić information content (AvgIpc) is 2.87. The van der Waals surface area contributed by atoms with Gasteiger partial charge in [0, 0.05) is 24.9 Å². The van der Waals surface area contributed by atoms with Gasteiger partial charge in [-0.1, -0.05) is 13.8 Å². The lowest BCUT2D eigenvalue weighted by Gasteiger charge is -2.14. The van der Waals surface area contributed by atoms with Crippen molar-refractivity contribution in [2.75, 3.05) is 19.6 Å². The first-order valence-electron chi connectivity index (χ1n) is 6.05. The molecule has 0 spiro atoms. The number of halogens is 1. The maximum Gasteiger partial charge on any atom is 0.273 e. The van der Waals surface area contributed by atoms with E-state index in [1.807, 2.05) is 10.3 Å². The van der Waals surface area contributed by atoms with E-state index in [1.165, 1.54) is 11.3 Å². The first-order chi connectivity index (χ1) is 8.11. The topological polar surface area (TPSA) is 59.2 Å². The maximum absolute atomic E-state index is 12.2. The Hall–Kier alpha value is -0.650. The SMILES string of the molecule is CC1CN(C(=O)c2csc(CCN)n2)CC1C.Cl. The number of nitrogens with zero attached hydrogens (tertiary/aromatic N) is 2. The standard InChI is InChI=1S/C12H19N3OS.ClH/c1-8-5-15(6-9(8)2)12(16)10-7-17-11(14-10)3-4-13;/h7-9H,3-6,13H2,1-2H3;1H. The monoisotopic (exact) mass is 289 g/mol. The summed E-state index contributed by atoms with van der Waals surface area (Å²) in [6.45, 7) is 6.67. The van der Waals surface area contributed by atoms with E-state index in [0.717, 1.165) is 24.5 Å². The third-order valence-electron chi connectivity index (χ3n) is 3.40. The van der Waals surface area contributed by atoms with Gasteiger partial charge < -0.3 is 10.6 Å². The number of thiazole rings is 1. The fraction of sp³-hybridized carbons (Fsp3) is 0.667. The number of carbonyl (C=O) groups excluding carboxylic acids is 1. The Morgan fingerprint density at radius 3 is 2.67 bits per heavy atom. The van der Waals surface area contributed by atoms with E-state index < -0.39 is 0 Å². The molecule has 2 rings (SSSR count). The van der Waals surface area contributed by atoms with E-state index in [2.05, 4.69) is 18.8 Å². The van der Waals surface area contributed by atoms with Crippen molar-refractivity contribution in [2.45, 2.75) is 20.3 Å². The van der Waals surface area contributed by atoms with Gasteiger partial charge in [-0.25, -0.2) is 4.98 Å². The quantitative estimate of drug-likeness (QED) is 0.923. The van der Waals surface area contributed by atoms with Gasteiger partial charge in [0.2, 0.25) is 0 Å². The summed E-state index contributed by atoms with van der Waals surface area (Å²) in [5.41, 5.74) is 6.06. The number of amides is 1. The smallest absolute Gasteiger partial charge is 0.273 e. The maximum atomic E-state index is 12.2. The molecule has 4 nitrogen and oxygen atoms in total. The van der Waals surface area contributed by atoms with E-state index in [-0.39, 0.29) is 18.3 Å². The summed E-state index contributed by atoms with van der Waals surface area (Å²) in [5.74, 6) is 1.24. The highest BCUT2D eigenvalue weighted by molar-refractivity contribution is 7.09. The Balaban J connectivity index is 0.00000162. The van der Waals surface area contributed by atoms with Crippen LogP contribution >= 0.6 is 23.7 Å². The summed E-state index contributed by atoms with van der Waals surface area (Å²) in [7, 11) is 0. The van der Waals surface area contributed by atoms with Gasteiger partial charge in [-0.05, 0) is 18.4 Å². The van der Waals surface area contributed by atoms with Gasteiger partial charge in [-0.2, -0.15) is 0 Å². The van der Waals surface area contributed by atoms with Gasteiger partial charge >= 0.3 is 0 Å². The lowest BCUT2D eigenvalue weighted by atomic mass is 10.0. The van der Waals surface area contributed by atoms with E-state index in [0.29, 0.717) is 24.1 Å². The molecule has 102 valence electrons. The number of carbonyl (C=O) groups is 1. The highest BCUT2D eigenvalue weighted by atomic mass is 35.5. The van der Waals surface area contributed by atoms with Crippen LogP contribution in [0.1, 0.15) is 29.3 Å². The summed E-state index contributed by atoms with van der Waals surface area (Å²) in [6, 6.07) is 0. The molecule has 1 fully saturated rings. The molecule has 2 atom stereocenters. The molecule has 1 amide bonds. The molecule has 1 saturated heterocycles. The molecule has 2 N–H and O–H groups in total. The summed E-state index contributed by atoms with van der Waals surface area (Å²) in [5, 5.41) is 2.80. The van der Waals surface area contributed by atoms with Crippen LogP contribution in [-0.2, 0) is 6.42 Å². The molecule has 6 heteroatoms. The minimum Gasteiger partial charge on any atom is -0.337 e. The van der Waals surface area contributed by atoms with Gasteiger partial charge in [0.05, 0.1) is 5.01 Å². The van der Waals surface area contributed by atoms with Crippen molar-refractivity contribution >= 4 is 29.7 Å². The number of likely N-dealkylation sites (tertiary alicyclic amines) is 1. The van der Waals surface area contributed by atoms with E-state index in [1.54, 1.807) is 0 Å². The number of hydrogen-bond acceptors (Lipinski definition) is 4. The summed E-state index contributed by atoms with van der Waals surface area (Å²) >= 11 is 1.52. The Kier molecular flexibility index (Phi) is 5.56. The molecule has 2 heterocycles. The Bertz CT molecular complexity index is 400. The predicted molar refractivity (Wildman–Crippen MR) is 76.4 cm³/mol. The second kappa shape index (κ2) is 6.50. The van der Waals surface area contributed by atoms with Crippen molar-refractivity contribution in [3.8, 4) is 0 Å². The number of nitrogens with two attached hydrogens (primary N) is 1. The lowest BCUT2D eigenvalue weighted by molar-refractivity contribution is 0.0780. The van der Waals surface area contributed by atoms with Crippen molar-refractivity contribution < 1.29 is 4.79 Å². The predicted octanol–water partition coefficient (Wildman–Crippen LogP) is 1.79. The van der Waals surface area contributed by atoms with Crippen LogP contribution in [0.4, 0.5) is 0 Å². The van der Waals surface area contributed by atoms with Crippen molar-refractivity contribution in [2.24, 2.45) is 17.6 Å². The number of aromatic nitrogens is 1. The van der Waals surface area contributed by atoms with Gasteiger partial charge in [0.1, 0.15) is 5.69 Å². The molecule has 0 aromatic carbocycles. The summed E-state index contributed by atoms with van der Waals surface area (Å²) in [6.07, 6.45) is 0.755. The first-order valence-corrected chi connectivity index (χ1v) is 6.93. The zero-order valence-electron chi connectivity index (χ0n) is 10.8. The molecule has 2 unspecified atom stereocenters. The highest BCUT2D eigenvalue weighted by Crippen LogP contribution is 2.24.